The third-order valence-corrected chi connectivity index (χ3v) is 3.91. The van der Waals surface area contributed by atoms with Gasteiger partial charge in [0, 0.05) is 24.3 Å². The van der Waals surface area contributed by atoms with Gasteiger partial charge in [-0.15, -0.1) is 0 Å². The summed E-state index contributed by atoms with van der Waals surface area (Å²) in [6.07, 6.45) is 1.24. The van der Waals surface area contributed by atoms with Gasteiger partial charge in [0.05, 0.1) is 0 Å². The quantitative estimate of drug-likeness (QED) is 0.843. The van der Waals surface area contributed by atoms with Crippen LogP contribution in [0.2, 0.25) is 0 Å². The standard InChI is InChI=1S/C15H24N2/c1-10-6-11(2)15(12(3)7-10)16-14-8-13(4)17(5)9-14/h6-7,13-14,16H,8-9H2,1-5H3. The van der Waals surface area contributed by atoms with E-state index in [1.54, 1.807) is 0 Å². The summed E-state index contributed by atoms with van der Waals surface area (Å²) >= 11 is 0. The van der Waals surface area contributed by atoms with Gasteiger partial charge in [0.25, 0.3) is 0 Å². The lowest BCUT2D eigenvalue weighted by Gasteiger charge is -2.19. The molecule has 2 unspecified atom stereocenters. The molecule has 17 heavy (non-hydrogen) atoms. The lowest BCUT2D eigenvalue weighted by molar-refractivity contribution is 0.330. The average molecular weight is 232 g/mol. The molecule has 1 aliphatic heterocycles. The third kappa shape index (κ3) is 2.63. The topological polar surface area (TPSA) is 15.3 Å². The first kappa shape index (κ1) is 12.4. The smallest absolute Gasteiger partial charge is 0.0403 e. The molecular weight excluding hydrogens is 208 g/mol. The van der Waals surface area contributed by atoms with E-state index in [9.17, 15) is 0 Å². The van der Waals surface area contributed by atoms with Crippen molar-refractivity contribution < 1.29 is 0 Å². The fourth-order valence-electron chi connectivity index (χ4n) is 2.91. The molecule has 0 amide bonds. The molecule has 1 fully saturated rings. The Hall–Kier alpha value is -1.02. The number of rotatable bonds is 2. The van der Waals surface area contributed by atoms with Crippen molar-refractivity contribution in [1.29, 1.82) is 0 Å². The molecule has 1 aromatic carbocycles. The molecule has 0 saturated carbocycles. The molecular formula is C15H24N2. The molecule has 0 aliphatic carbocycles. The van der Waals surface area contributed by atoms with E-state index in [0.29, 0.717) is 12.1 Å². The first-order valence-electron chi connectivity index (χ1n) is 6.52. The Kier molecular flexibility index (Phi) is 3.43. The van der Waals surface area contributed by atoms with Crippen molar-refractivity contribution in [1.82, 2.24) is 4.90 Å². The van der Waals surface area contributed by atoms with Crippen molar-refractivity contribution in [3.05, 3.63) is 28.8 Å². The van der Waals surface area contributed by atoms with Crippen LogP contribution in [-0.2, 0) is 0 Å². The van der Waals surface area contributed by atoms with Crippen molar-refractivity contribution in [2.45, 2.75) is 46.2 Å². The number of hydrogen-bond acceptors (Lipinski definition) is 2. The first-order chi connectivity index (χ1) is 7.97. The maximum Gasteiger partial charge on any atom is 0.0403 e. The molecule has 1 N–H and O–H groups in total. The summed E-state index contributed by atoms with van der Waals surface area (Å²) in [5.41, 5.74) is 5.42. The minimum absolute atomic E-state index is 0.593. The van der Waals surface area contributed by atoms with Gasteiger partial charge in [0.2, 0.25) is 0 Å². The molecule has 94 valence electrons. The molecule has 1 heterocycles. The molecule has 2 heteroatoms. The van der Waals surface area contributed by atoms with Crippen molar-refractivity contribution in [2.24, 2.45) is 0 Å². The van der Waals surface area contributed by atoms with Crippen LogP contribution in [0, 0.1) is 20.8 Å². The summed E-state index contributed by atoms with van der Waals surface area (Å²) in [5.74, 6) is 0. The number of hydrogen-bond donors (Lipinski definition) is 1. The van der Waals surface area contributed by atoms with E-state index in [0.717, 1.165) is 6.54 Å². The van der Waals surface area contributed by atoms with E-state index in [-0.39, 0.29) is 0 Å². The molecule has 2 atom stereocenters. The van der Waals surface area contributed by atoms with Gasteiger partial charge in [0.1, 0.15) is 0 Å². The van der Waals surface area contributed by atoms with E-state index in [1.807, 2.05) is 0 Å². The molecule has 0 spiro atoms. The molecule has 1 aliphatic rings. The molecule has 0 radical (unpaired) electrons. The van der Waals surface area contributed by atoms with Crippen LogP contribution in [0.3, 0.4) is 0 Å². The van der Waals surface area contributed by atoms with Crippen molar-refractivity contribution in [3.8, 4) is 0 Å². The Morgan fingerprint density at radius 1 is 1.18 bits per heavy atom. The van der Waals surface area contributed by atoms with E-state index in [1.165, 1.54) is 28.8 Å². The number of benzene rings is 1. The van der Waals surface area contributed by atoms with Crippen molar-refractivity contribution >= 4 is 5.69 Å². The van der Waals surface area contributed by atoms with Gasteiger partial charge in [-0.3, -0.25) is 0 Å². The third-order valence-electron chi connectivity index (χ3n) is 3.91. The second kappa shape index (κ2) is 4.69. The minimum Gasteiger partial charge on any atom is -0.381 e. The zero-order valence-corrected chi connectivity index (χ0v) is 11.7. The molecule has 1 saturated heterocycles. The Morgan fingerprint density at radius 2 is 1.76 bits per heavy atom. The van der Waals surface area contributed by atoms with Gasteiger partial charge in [-0.05, 0) is 52.3 Å². The highest BCUT2D eigenvalue weighted by Crippen LogP contribution is 2.26. The maximum atomic E-state index is 3.72. The largest absolute Gasteiger partial charge is 0.381 e. The first-order valence-corrected chi connectivity index (χ1v) is 6.52. The second-order valence-electron chi connectivity index (χ2n) is 5.64. The summed E-state index contributed by atoms with van der Waals surface area (Å²) in [6, 6.07) is 5.81. The van der Waals surface area contributed by atoms with Crippen LogP contribution >= 0.6 is 0 Å². The zero-order chi connectivity index (χ0) is 12.6. The Labute approximate surface area is 105 Å². The lowest BCUT2D eigenvalue weighted by Crippen LogP contribution is -2.25. The normalized spacial score (nSPS) is 25.2. The van der Waals surface area contributed by atoms with Gasteiger partial charge in [-0.1, -0.05) is 17.7 Å². The SMILES string of the molecule is Cc1cc(C)c(NC2CC(C)N(C)C2)c(C)c1. The maximum absolute atomic E-state index is 3.72. The number of aryl methyl sites for hydroxylation is 3. The summed E-state index contributed by atoms with van der Waals surface area (Å²) in [5, 5.41) is 3.72. The Balaban J connectivity index is 2.14. The van der Waals surface area contributed by atoms with Crippen LogP contribution in [0.4, 0.5) is 5.69 Å². The summed E-state index contributed by atoms with van der Waals surface area (Å²) in [6.45, 7) is 10.0. The van der Waals surface area contributed by atoms with Gasteiger partial charge in [-0.2, -0.15) is 0 Å². The van der Waals surface area contributed by atoms with E-state index in [2.05, 4.69) is 57.1 Å². The number of likely N-dealkylation sites (N-methyl/N-ethyl adjacent to an activating group) is 1. The predicted octanol–water partition coefficient (Wildman–Crippen LogP) is 3.12. The van der Waals surface area contributed by atoms with Gasteiger partial charge in [0.15, 0.2) is 0 Å². The average Bonchev–Trinajstić information content (AvgIpc) is 2.52. The number of anilines is 1. The highest BCUT2D eigenvalue weighted by Gasteiger charge is 2.26. The van der Waals surface area contributed by atoms with E-state index < -0.39 is 0 Å². The summed E-state index contributed by atoms with van der Waals surface area (Å²) in [7, 11) is 2.21. The number of nitrogens with zero attached hydrogens (tertiary/aromatic N) is 1. The highest BCUT2D eigenvalue weighted by atomic mass is 15.2. The van der Waals surface area contributed by atoms with Crippen LogP contribution in [0.25, 0.3) is 0 Å². The van der Waals surface area contributed by atoms with Crippen LogP contribution in [0.5, 0.6) is 0 Å². The minimum atomic E-state index is 0.593. The number of nitrogens with one attached hydrogen (secondary N) is 1. The van der Waals surface area contributed by atoms with Gasteiger partial charge >= 0.3 is 0 Å². The summed E-state index contributed by atoms with van der Waals surface area (Å²) in [4.78, 5) is 2.43. The van der Waals surface area contributed by atoms with Crippen LogP contribution in [-0.4, -0.2) is 30.6 Å². The second-order valence-corrected chi connectivity index (χ2v) is 5.64. The van der Waals surface area contributed by atoms with Crippen LogP contribution in [0.1, 0.15) is 30.0 Å². The van der Waals surface area contributed by atoms with Crippen LogP contribution < -0.4 is 5.32 Å². The van der Waals surface area contributed by atoms with E-state index in [4.69, 9.17) is 0 Å². The Bertz CT molecular complexity index is 378. The molecule has 2 rings (SSSR count). The van der Waals surface area contributed by atoms with Crippen molar-refractivity contribution in [2.75, 3.05) is 18.9 Å². The summed E-state index contributed by atoms with van der Waals surface area (Å²) < 4.78 is 0. The molecule has 0 aromatic heterocycles. The lowest BCUT2D eigenvalue weighted by atomic mass is 10.0. The highest BCUT2D eigenvalue weighted by molar-refractivity contribution is 5.58. The molecule has 1 aromatic rings. The predicted molar refractivity (Wildman–Crippen MR) is 74.8 cm³/mol. The monoisotopic (exact) mass is 232 g/mol. The van der Waals surface area contributed by atoms with Gasteiger partial charge in [-0.25, -0.2) is 0 Å². The fraction of sp³-hybridized carbons (Fsp3) is 0.600. The molecule has 2 nitrogen and oxygen atoms in total. The zero-order valence-electron chi connectivity index (χ0n) is 11.7. The Morgan fingerprint density at radius 3 is 2.24 bits per heavy atom. The van der Waals surface area contributed by atoms with Crippen LogP contribution in [0.15, 0.2) is 12.1 Å². The molecule has 0 bridgehead atoms. The van der Waals surface area contributed by atoms with Gasteiger partial charge < -0.3 is 10.2 Å². The van der Waals surface area contributed by atoms with E-state index >= 15 is 0 Å². The number of likely N-dealkylation sites (tertiary alicyclic amines) is 1. The van der Waals surface area contributed by atoms with Crippen molar-refractivity contribution in [3.63, 3.8) is 0 Å². The fourth-order valence-corrected chi connectivity index (χ4v) is 2.91.